The molecule has 0 aromatic heterocycles. The van der Waals surface area contributed by atoms with Crippen LogP contribution in [0.2, 0.25) is 10.0 Å². The number of ether oxygens (including phenoxy) is 1. The topological polar surface area (TPSA) is 41.6 Å². The van der Waals surface area contributed by atoms with Gasteiger partial charge in [-0.1, -0.05) is 41.4 Å². The normalized spacial score (nSPS) is 12.1. The number of carbonyl (C=O) groups excluding carboxylic acids is 1. The van der Waals surface area contributed by atoms with E-state index in [-0.39, 0.29) is 18.5 Å². The number of carbonyl (C=O) groups is 1. The van der Waals surface area contributed by atoms with Gasteiger partial charge in [0.1, 0.15) is 5.75 Å². The number of amides is 1. The summed E-state index contributed by atoms with van der Waals surface area (Å²) in [6.07, 6.45) is 0. The van der Waals surface area contributed by atoms with Crippen LogP contribution >= 0.6 is 23.2 Å². The lowest BCUT2D eigenvalue weighted by atomic mass is 10.1. The van der Waals surface area contributed by atoms with Crippen LogP contribution in [0, 0.1) is 6.92 Å². The first-order valence-electron chi connectivity index (χ1n) is 7.92. The zero-order chi connectivity index (χ0) is 18.6. The predicted octanol–water partition coefficient (Wildman–Crippen LogP) is 4.94. The lowest BCUT2D eigenvalue weighted by molar-refractivity contribution is -0.117. The highest BCUT2D eigenvalue weighted by atomic mass is 35.5. The van der Waals surface area contributed by atoms with Crippen molar-refractivity contribution < 1.29 is 9.53 Å². The predicted molar refractivity (Wildman–Crippen MR) is 104 cm³/mol. The second-order valence-corrected chi connectivity index (χ2v) is 6.78. The number of likely N-dealkylation sites (N-methyl/N-ethyl adjacent to an activating group) is 1. The third kappa shape index (κ3) is 4.88. The molecule has 0 radical (unpaired) electrons. The fraction of sp³-hybridized carbons (Fsp3) is 0.316. The van der Waals surface area contributed by atoms with E-state index in [1.165, 1.54) is 0 Å². The van der Waals surface area contributed by atoms with E-state index in [0.717, 1.165) is 11.1 Å². The summed E-state index contributed by atoms with van der Waals surface area (Å²) in [5.41, 5.74) is 2.46. The first-order valence-corrected chi connectivity index (χ1v) is 8.67. The third-order valence-corrected chi connectivity index (χ3v) is 4.92. The monoisotopic (exact) mass is 380 g/mol. The molecule has 0 aliphatic heterocycles. The molecule has 0 aliphatic carbocycles. The first kappa shape index (κ1) is 19.6. The molecule has 0 spiro atoms. The summed E-state index contributed by atoms with van der Waals surface area (Å²) in [7, 11) is 3.43. The number of halogens is 2. The van der Waals surface area contributed by atoms with Crippen molar-refractivity contribution in [3.8, 4) is 5.75 Å². The van der Waals surface area contributed by atoms with E-state index in [4.69, 9.17) is 27.9 Å². The van der Waals surface area contributed by atoms with Gasteiger partial charge in [-0.3, -0.25) is 9.69 Å². The molecule has 2 aromatic carbocycles. The highest BCUT2D eigenvalue weighted by molar-refractivity contribution is 6.31. The largest absolute Gasteiger partial charge is 0.495 e. The minimum Gasteiger partial charge on any atom is -0.495 e. The second kappa shape index (κ2) is 8.56. The molecule has 0 saturated heterocycles. The zero-order valence-corrected chi connectivity index (χ0v) is 16.3. The van der Waals surface area contributed by atoms with Gasteiger partial charge < -0.3 is 10.1 Å². The number of methoxy groups -OCH3 is 1. The number of anilines is 1. The lowest BCUT2D eigenvalue weighted by Crippen LogP contribution is -2.32. The van der Waals surface area contributed by atoms with Gasteiger partial charge in [0.15, 0.2) is 0 Å². The summed E-state index contributed by atoms with van der Waals surface area (Å²) >= 11 is 12.3. The number of aryl methyl sites for hydroxylation is 1. The molecule has 1 N–H and O–H groups in total. The Morgan fingerprint density at radius 2 is 1.92 bits per heavy atom. The summed E-state index contributed by atoms with van der Waals surface area (Å²) < 4.78 is 5.29. The first-order chi connectivity index (χ1) is 11.8. The Balaban J connectivity index is 2.07. The van der Waals surface area contributed by atoms with Crippen LogP contribution in [-0.2, 0) is 4.79 Å². The van der Waals surface area contributed by atoms with Crippen molar-refractivity contribution in [3.05, 3.63) is 57.6 Å². The Morgan fingerprint density at radius 3 is 2.56 bits per heavy atom. The second-order valence-electron chi connectivity index (χ2n) is 5.96. The van der Waals surface area contributed by atoms with Gasteiger partial charge in [-0.2, -0.15) is 0 Å². The maximum absolute atomic E-state index is 12.4. The van der Waals surface area contributed by atoms with Gasteiger partial charge in [-0.25, -0.2) is 0 Å². The maximum atomic E-state index is 12.4. The third-order valence-electron chi connectivity index (χ3n) is 4.16. The van der Waals surface area contributed by atoms with Gasteiger partial charge in [-0.15, -0.1) is 0 Å². The molecule has 0 saturated carbocycles. The van der Waals surface area contributed by atoms with E-state index < -0.39 is 0 Å². The molecule has 1 unspecified atom stereocenters. The van der Waals surface area contributed by atoms with Crippen molar-refractivity contribution in [3.63, 3.8) is 0 Å². The molecular formula is C19H22Cl2N2O2. The van der Waals surface area contributed by atoms with Crippen LogP contribution in [0.5, 0.6) is 5.75 Å². The Bertz CT molecular complexity index is 765. The molecule has 0 bridgehead atoms. The van der Waals surface area contributed by atoms with Crippen molar-refractivity contribution >= 4 is 34.8 Å². The standard InChI is InChI=1S/C19H22Cl2N2O2/c1-12-9-17(18(25-4)10-16(12)21)22-19(24)11-23(3)13(2)14-7-5-6-8-15(14)20/h5-10,13H,11H2,1-4H3,(H,22,24). The summed E-state index contributed by atoms with van der Waals surface area (Å²) in [5, 5.41) is 4.17. The van der Waals surface area contributed by atoms with Crippen LogP contribution in [0.4, 0.5) is 5.69 Å². The molecule has 25 heavy (non-hydrogen) atoms. The molecule has 0 heterocycles. The number of benzene rings is 2. The van der Waals surface area contributed by atoms with Crippen LogP contribution in [0.3, 0.4) is 0 Å². The van der Waals surface area contributed by atoms with E-state index in [9.17, 15) is 4.79 Å². The molecule has 1 amide bonds. The van der Waals surface area contributed by atoms with Crippen molar-refractivity contribution in [2.24, 2.45) is 0 Å². The Hall–Kier alpha value is -1.75. The molecule has 0 aliphatic rings. The smallest absolute Gasteiger partial charge is 0.238 e. The van der Waals surface area contributed by atoms with Crippen molar-refractivity contribution in [1.82, 2.24) is 4.90 Å². The quantitative estimate of drug-likeness (QED) is 0.771. The zero-order valence-electron chi connectivity index (χ0n) is 14.8. The van der Waals surface area contributed by atoms with Crippen LogP contribution in [0.1, 0.15) is 24.1 Å². The molecule has 6 heteroatoms. The van der Waals surface area contributed by atoms with Gasteiger partial charge in [0.05, 0.1) is 19.3 Å². The minimum absolute atomic E-state index is 0.00768. The molecule has 4 nitrogen and oxygen atoms in total. The fourth-order valence-electron chi connectivity index (χ4n) is 2.53. The Labute approximate surface area is 158 Å². The highest BCUT2D eigenvalue weighted by Gasteiger charge is 2.18. The number of hydrogen-bond donors (Lipinski definition) is 1. The highest BCUT2D eigenvalue weighted by Crippen LogP contribution is 2.31. The van der Waals surface area contributed by atoms with Gasteiger partial charge >= 0.3 is 0 Å². The minimum atomic E-state index is -0.138. The lowest BCUT2D eigenvalue weighted by Gasteiger charge is -2.25. The molecular weight excluding hydrogens is 359 g/mol. The maximum Gasteiger partial charge on any atom is 0.238 e. The number of nitrogens with one attached hydrogen (secondary N) is 1. The van der Waals surface area contributed by atoms with E-state index in [0.29, 0.717) is 21.5 Å². The van der Waals surface area contributed by atoms with Gasteiger partial charge in [0.2, 0.25) is 5.91 Å². The molecule has 134 valence electrons. The van der Waals surface area contributed by atoms with E-state index in [2.05, 4.69) is 5.32 Å². The van der Waals surface area contributed by atoms with Crippen molar-refractivity contribution in [2.45, 2.75) is 19.9 Å². The van der Waals surface area contributed by atoms with Crippen LogP contribution in [0.25, 0.3) is 0 Å². The number of hydrogen-bond acceptors (Lipinski definition) is 3. The van der Waals surface area contributed by atoms with Crippen LogP contribution in [-0.4, -0.2) is 31.5 Å². The van der Waals surface area contributed by atoms with Gasteiger partial charge in [0, 0.05) is 22.2 Å². The summed E-state index contributed by atoms with van der Waals surface area (Å²) in [4.78, 5) is 14.4. The van der Waals surface area contributed by atoms with E-state index in [1.807, 2.05) is 50.1 Å². The fourth-order valence-corrected chi connectivity index (χ4v) is 2.98. The molecule has 0 fully saturated rings. The SMILES string of the molecule is COc1cc(Cl)c(C)cc1NC(=O)CN(C)C(C)c1ccccc1Cl. The average Bonchev–Trinajstić information content (AvgIpc) is 2.57. The summed E-state index contributed by atoms with van der Waals surface area (Å²) in [6, 6.07) is 11.1. The molecule has 2 aromatic rings. The Kier molecular flexibility index (Phi) is 6.71. The number of nitrogens with zero attached hydrogens (tertiary/aromatic N) is 1. The van der Waals surface area contributed by atoms with Crippen LogP contribution in [0.15, 0.2) is 36.4 Å². The summed E-state index contributed by atoms with van der Waals surface area (Å²) in [5.74, 6) is 0.396. The van der Waals surface area contributed by atoms with Gasteiger partial charge in [-0.05, 0) is 44.2 Å². The van der Waals surface area contributed by atoms with Crippen molar-refractivity contribution in [2.75, 3.05) is 26.0 Å². The van der Waals surface area contributed by atoms with E-state index in [1.54, 1.807) is 19.2 Å². The molecule has 2 rings (SSSR count). The Morgan fingerprint density at radius 1 is 1.24 bits per heavy atom. The summed E-state index contributed by atoms with van der Waals surface area (Å²) in [6.45, 7) is 4.11. The van der Waals surface area contributed by atoms with Crippen molar-refractivity contribution in [1.29, 1.82) is 0 Å². The van der Waals surface area contributed by atoms with Gasteiger partial charge in [0.25, 0.3) is 0 Å². The molecule has 1 atom stereocenters. The van der Waals surface area contributed by atoms with Crippen LogP contribution < -0.4 is 10.1 Å². The average molecular weight is 381 g/mol. The van der Waals surface area contributed by atoms with E-state index >= 15 is 0 Å². The number of rotatable bonds is 6.